The fourth-order valence-electron chi connectivity index (χ4n) is 3.85. The average molecular weight is 382 g/mol. The first-order chi connectivity index (χ1) is 14.2. The lowest BCUT2D eigenvalue weighted by molar-refractivity contribution is 0.102. The number of nitrogens with one attached hydrogen (secondary N) is 1. The number of carbonyl (C=O) groups excluding carboxylic acids is 1. The predicted molar refractivity (Wildman–Crippen MR) is 115 cm³/mol. The van der Waals surface area contributed by atoms with E-state index in [0.29, 0.717) is 11.3 Å². The predicted octanol–water partition coefficient (Wildman–Crippen LogP) is 4.07. The van der Waals surface area contributed by atoms with Gasteiger partial charge in [-0.05, 0) is 43.3 Å². The maximum atomic E-state index is 12.8. The first kappa shape index (κ1) is 17.2. The van der Waals surface area contributed by atoms with Crippen LogP contribution in [0.15, 0.2) is 77.9 Å². The van der Waals surface area contributed by atoms with Crippen molar-refractivity contribution >= 4 is 39.0 Å². The number of benzene rings is 2. The van der Waals surface area contributed by atoms with Gasteiger partial charge in [-0.1, -0.05) is 24.3 Å². The van der Waals surface area contributed by atoms with Gasteiger partial charge in [-0.3, -0.25) is 14.0 Å². The van der Waals surface area contributed by atoms with Gasteiger partial charge in [0.15, 0.2) is 0 Å². The zero-order chi connectivity index (χ0) is 20.0. The van der Waals surface area contributed by atoms with Gasteiger partial charge in [0.05, 0.1) is 0 Å². The summed E-state index contributed by atoms with van der Waals surface area (Å²) in [5, 5.41) is 5.04. The Balaban J connectivity index is 1.57. The second kappa shape index (κ2) is 6.60. The number of pyridine rings is 1. The monoisotopic (exact) mass is 382 g/mol. The van der Waals surface area contributed by atoms with Crippen molar-refractivity contribution in [2.45, 2.75) is 13.5 Å². The number of para-hydroxylation sites is 1. The highest BCUT2D eigenvalue weighted by Crippen LogP contribution is 2.31. The zero-order valence-electron chi connectivity index (χ0n) is 15.8. The second-order valence-electron chi connectivity index (χ2n) is 6.85. The molecule has 1 N–H and O–H groups in total. The Morgan fingerprint density at radius 3 is 2.66 bits per heavy atom. The van der Waals surface area contributed by atoms with Crippen LogP contribution in [0.4, 0.5) is 5.69 Å². The van der Waals surface area contributed by atoms with Gasteiger partial charge in [0.1, 0.15) is 11.2 Å². The number of anilines is 1. The smallest absolute Gasteiger partial charge is 0.270 e. The highest BCUT2D eigenvalue weighted by atomic mass is 16.2. The fraction of sp³-hybridized carbons (Fsp3) is 0.0870. The third-order valence-corrected chi connectivity index (χ3v) is 5.20. The van der Waals surface area contributed by atoms with Gasteiger partial charge in [-0.15, -0.1) is 0 Å². The molecule has 0 spiro atoms. The number of aryl methyl sites for hydroxylation is 1. The molecule has 6 heteroatoms. The quantitative estimate of drug-likeness (QED) is 0.511. The maximum Gasteiger partial charge on any atom is 0.270 e. The SMILES string of the molecule is CCn1c2ccccc2c2cc(NC(=O)c3cnc4ccccn4c3=O)ccc21. The molecule has 0 bridgehead atoms. The Morgan fingerprint density at radius 2 is 1.79 bits per heavy atom. The molecule has 0 saturated carbocycles. The summed E-state index contributed by atoms with van der Waals surface area (Å²) in [7, 11) is 0. The third-order valence-electron chi connectivity index (χ3n) is 5.20. The number of amides is 1. The normalized spacial score (nSPS) is 11.3. The molecular formula is C23H18N4O2. The molecule has 0 unspecified atom stereocenters. The molecule has 5 rings (SSSR count). The highest BCUT2D eigenvalue weighted by Gasteiger charge is 2.15. The van der Waals surface area contributed by atoms with Crippen LogP contribution in [0.5, 0.6) is 0 Å². The molecule has 142 valence electrons. The van der Waals surface area contributed by atoms with Crippen LogP contribution in [0.3, 0.4) is 0 Å². The molecule has 3 aromatic heterocycles. The summed E-state index contributed by atoms with van der Waals surface area (Å²) in [6.45, 7) is 2.97. The van der Waals surface area contributed by atoms with E-state index in [2.05, 4.69) is 33.9 Å². The molecule has 2 aromatic carbocycles. The van der Waals surface area contributed by atoms with Gasteiger partial charge in [0, 0.05) is 46.4 Å². The van der Waals surface area contributed by atoms with Gasteiger partial charge >= 0.3 is 0 Å². The molecule has 0 fully saturated rings. The summed E-state index contributed by atoms with van der Waals surface area (Å²) in [5.74, 6) is -0.473. The molecule has 3 heterocycles. The van der Waals surface area contributed by atoms with E-state index in [4.69, 9.17) is 0 Å². The third kappa shape index (κ3) is 2.69. The van der Waals surface area contributed by atoms with Gasteiger partial charge in [0.25, 0.3) is 11.5 Å². The summed E-state index contributed by atoms with van der Waals surface area (Å²) < 4.78 is 3.61. The Labute approximate surface area is 166 Å². The minimum atomic E-state index is -0.473. The lowest BCUT2D eigenvalue weighted by Gasteiger charge is -2.07. The van der Waals surface area contributed by atoms with Crippen LogP contribution >= 0.6 is 0 Å². The molecule has 0 aliphatic carbocycles. The Morgan fingerprint density at radius 1 is 1.00 bits per heavy atom. The van der Waals surface area contributed by atoms with Crippen molar-refractivity contribution in [1.29, 1.82) is 0 Å². The lowest BCUT2D eigenvalue weighted by atomic mass is 10.1. The van der Waals surface area contributed by atoms with E-state index in [-0.39, 0.29) is 5.56 Å². The van der Waals surface area contributed by atoms with Crippen LogP contribution in [0.1, 0.15) is 17.3 Å². The van der Waals surface area contributed by atoms with Gasteiger partial charge in [-0.2, -0.15) is 0 Å². The minimum absolute atomic E-state index is 0.00443. The zero-order valence-corrected chi connectivity index (χ0v) is 15.8. The van der Waals surface area contributed by atoms with E-state index in [9.17, 15) is 9.59 Å². The first-order valence-electron chi connectivity index (χ1n) is 9.46. The van der Waals surface area contributed by atoms with Gasteiger partial charge in [0.2, 0.25) is 0 Å². The van der Waals surface area contributed by atoms with Gasteiger partial charge in [-0.25, -0.2) is 4.98 Å². The number of rotatable bonds is 3. The van der Waals surface area contributed by atoms with E-state index >= 15 is 0 Å². The van der Waals surface area contributed by atoms with Gasteiger partial charge < -0.3 is 9.88 Å². The standard InChI is InChI=1S/C23H18N4O2/c1-2-26-19-8-4-3-7-16(19)17-13-15(10-11-20(17)26)25-22(28)18-14-24-21-9-5-6-12-27(21)23(18)29/h3-14H,2H2,1H3,(H,25,28). The van der Waals surface area contributed by atoms with Crippen LogP contribution in [0.2, 0.25) is 0 Å². The van der Waals surface area contributed by atoms with Crippen LogP contribution in [0, 0.1) is 0 Å². The summed E-state index contributed by atoms with van der Waals surface area (Å²) in [6.07, 6.45) is 2.93. The van der Waals surface area contributed by atoms with Crippen LogP contribution in [0.25, 0.3) is 27.5 Å². The summed E-state index contributed by atoms with van der Waals surface area (Å²) in [5.41, 5.74) is 3.02. The van der Waals surface area contributed by atoms with E-state index in [1.807, 2.05) is 30.3 Å². The van der Waals surface area contributed by atoms with E-state index < -0.39 is 11.5 Å². The van der Waals surface area contributed by atoms with Crippen LogP contribution < -0.4 is 10.9 Å². The summed E-state index contributed by atoms with van der Waals surface area (Å²) in [4.78, 5) is 29.6. The molecule has 0 atom stereocenters. The Hall–Kier alpha value is -3.93. The molecular weight excluding hydrogens is 364 g/mol. The average Bonchev–Trinajstić information content (AvgIpc) is 3.07. The molecule has 1 amide bonds. The molecule has 0 saturated heterocycles. The van der Waals surface area contributed by atoms with Crippen molar-refractivity contribution in [3.8, 4) is 0 Å². The number of carbonyl (C=O) groups is 1. The summed E-state index contributed by atoms with van der Waals surface area (Å²) >= 11 is 0. The van der Waals surface area contributed by atoms with Crippen molar-refractivity contribution in [3.63, 3.8) is 0 Å². The van der Waals surface area contributed by atoms with Crippen LogP contribution in [-0.4, -0.2) is 19.9 Å². The molecule has 6 nitrogen and oxygen atoms in total. The number of hydrogen-bond acceptors (Lipinski definition) is 3. The van der Waals surface area contributed by atoms with E-state index in [0.717, 1.165) is 28.4 Å². The number of hydrogen-bond donors (Lipinski definition) is 1. The fourth-order valence-corrected chi connectivity index (χ4v) is 3.85. The van der Waals surface area contributed by atoms with Crippen molar-refractivity contribution in [2.24, 2.45) is 0 Å². The topological polar surface area (TPSA) is 68.4 Å². The highest BCUT2D eigenvalue weighted by molar-refractivity contribution is 6.11. The molecule has 0 aliphatic heterocycles. The van der Waals surface area contributed by atoms with Crippen molar-refractivity contribution < 1.29 is 4.79 Å². The largest absolute Gasteiger partial charge is 0.341 e. The number of aromatic nitrogens is 3. The van der Waals surface area contributed by atoms with Crippen LogP contribution in [-0.2, 0) is 6.54 Å². The maximum absolute atomic E-state index is 12.8. The minimum Gasteiger partial charge on any atom is -0.341 e. The number of nitrogens with zero attached hydrogens (tertiary/aromatic N) is 3. The Kier molecular flexibility index (Phi) is 3.91. The molecule has 5 aromatic rings. The van der Waals surface area contributed by atoms with E-state index in [1.165, 1.54) is 10.6 Å². The summed E-state index contributed by atoms with van der Waals surface area (Å²) in [6, 6.07) is 19.3. The second-order valence-corrected chi connectivity index (χ2v) is 6.85. The molecule has 0 aliphatic rings. The lowest BCUT2D eigenvalue weighted by Crippen LogP contribution is -2.26. The Bertz CT molecular complexity index is 1460. The first-order valence-corrected chi connectivity index (χ1v) is 9.46. The number of fused-ring (bicyclic) bond motifs is 4. The van der Waals surface area contributed by atoms with Crippen molar-refractivity contribution in [2.75, 3.05) is 5.32 Å². The van der Waals surface area contributed by atoms with E-state index in [1.54, 1.807) is 24.4 Å². The van der Waals surface area contributed by atoms with Crippen molar-refractivity contribution in [3.05, 3.63) is 89.0 Å². The molecule has 0 radical (unpaired) electrons. The van der Waals surface area contributed by atoms with Crippen molar-refractivity contribution in [1.82, 2.24) is 14.0 Å². The molecule has 29 heavy (non-hydrogen) atoms.